The highest BCUT2D eigenvalue weighted by atomic mass is 16.2. The maximum Gasteiger partial charge on any atom is 0.226 e. The summed E-state index contributed by atoms with van der Waals surface area (Å²) in [6.45, 7) is 1.80. The van der Waals surface area contributed by atoms with Crippen molar-refractivity contribution in [2.75, 3.05) is 13.1 Å². The number of amides is 1. The number of carbonyl (C=O) groups excluding carboxylic acids is 1. The van der Waals surface area contributed by atoms with E-state index in [1.807, 2.05) is 0 Å². The molecule has 0 unspecified atom stereocenters. The first-order valence-corrected chi connectivity index (χ1v) is 8.83. The molecular formula is C20H24N2O. The summed E-state index contributed by atoms with van der Waals surface area (Å²) in [7, 11) is 0. The van der Waals surface area contributed by atoms with E-state index in [1.54, 1.807) is 0 Å². The van der Waals surface area contributed by atoms with E-state index in [1.165, 1.54) is 16.6 Å². The molecule has 4 rings (SSSR count). The van der Waals surface area contributed by atoms with Crippen molar-refractivity contribution in [1.29, 1.82) is 0 Å². The molecule has 1 aliphatic carbocycles. The van der Waals surface area contributed by atoms with Crippen LogP contribution in [-0.4, -0.2) is 28.9 Å². The second-order valence-electron chi connectivity index (χ2n) is 6.89. The van der Waals surface area contributed by atoms with E-state index in [9.17, 15) is 4.79 Å². The molecule has 0 saturated carbocycles. The predicted octanol–water partition coefficient (Wildman–Crippen LogP) is 4.23. The summed E-state index contributed by atoms with van der Waals surface area (Å²) in [6, 6.07) is 10.7. The number of aromatic amines is 1. The van der Waals surface area contributed by atoms with Crippen molar-refractivity contribution in [1.82, 2.24) is 9.88 Å². The van der Waals surface area contributed by atoms with Crippen LogP contribution in [0.15, 0.2) is 42.5 Å². The molecule has 1 fully saturated rings. The second-order valence-corrected chi connectivity index (χ2v) is 6.89. The van der Waals surface area contributed by atoms with Crippen LogP contribution in [0.25, 0.3) is 10.9 Å². The van der Waals surface area contributed by atoms with Crippen LogP contribution in [0.5, 0.6) is 0 Å². The molecule has 0 spiro atoms. The van der Waals surface area contributed by atoms with Gasteiger partial charge in [0.05, 0.1) is 0 Å². The molecule has 1 atom stereocenters. The van der Waals surface area contributed by atoms with Gasteiger partial charge in [-0.2, -0.15) is 0 Å². The van der Waals surface area contributed by atoms with Crippen LogP contribution in [0.2, 0.25) is 0 Å². The number of nitrogens with one attached hydrogen (secondary N) is 1. The molecule has 1 N–H and O–H groups in total. The number of benzene rings is 1. The first kappa shape index (κ1) is 14.6. The lowest BCUT2D eigenvalue weighted by atomic mass is 9.90. The number of piperidine rings is 1. The fourth-order valence-corrected chi connectivity index (χ4v) is 4.00. The van der Waals surface area contributed by atoms with Gasteiger partial charge in [-0.3, -0.25) is 4.79 Å². The van der Waals surface area contributed by atoms with E-state index in [2.05, 4.69) is 52.4 Å². The molecule has 120 valence electrons. The Morgan fingerprint density at radius 1 is 1.09 bits per heavy atom. The van der Waals surface area contributed by atoms with Gasteiger partial charge in [0.25, 0.3) is 0 Å². The van der Waals surface area contributed by atoms with Gasteiger partial charge in [0.2, 0.25) is 5.91 Å². The fraction of sp³-hybridized carbons (Fsp3) is 0.450. The zero-order chi connectivity index (χ0) is 15.6. The Hall–Kier alpha value is -2.03. The third-order valence-electron chi connectivity index (χ3n) is 5.42. The van der Waals surface area contributed by atoms with Gasteiger partial charge < -0.3 is 9.88 Å². The number of fused-ring (bicyclic) bond motifs is 1. The number of likely N-dealkylation sites (tertiary alicyclic amines) is 1. The van der Waals surface area contributed by atoms with E-state index < -0.39 is 0 Å². The zero-order valence-corrected chi connectivity index (χ0v) is 13.5. The molecule has 0 radical (unpaired) electrons. The van der Waals surface area contributed by atoms with E-state index in [4.69, 9.17) is 0 Å². The minimum atomic E-state index is 0.227. The number of rotatable bonds is 2. The van der Waals surface area contributed by atoms with Gasteiger partial charge in [0.1, 0.15) is 0 Å². The maximum absolute atomic E-state index is 12.6. The summed E-state index contributed by atoms with van der Waals surface area (Å²) < 4.78 is 0. The minimum absolute atomic E-state index is 0.227. The van der Waals surface area contributed by atoms with E-state index in [-0.39, 0.29) is 5.92 Å². The van der Waals surface area contributed by atoms with E-state index in [0.29, 0.717) is 11.8 Å². The van der Waals surface area contributed by atoms with Gasteiger partial charge in [0.15, 0.2) is 0 Å². The summed E-state index contributed by atoms with van der Waals surface area (Å²) in [5, 5.41) is 1.29. The number of nitrogens with zero attached hydrogens (tertiary/aromatic N) is 1. The molecule has 3 heteroatoms. The van der Waals surface area contributed by atoms with Crippen molar-refractivity contribution in [3.63, 3.8) is 0 Å². The number of para-hydroxylation sites is 1. The molecule has 2 heterocycles. The van der Waals surface area contributed by atoms with Crippen LogP contribution in [0.4, 0.5) is 0 Å². The monoisotopic (exact) mass is 308 g/mol. The van der Waals surface area contributed by atoms with E-state index in [0.717, 1.165) is 45.2 Å². The van der Waals surface area contributed by atoms with Crippen LogP contribution >= 0.6 is 0 Å². The number of allylic oxidation sites excluding steroid dienone is 2. The van der Waals surface area contributed by atoms with Crippen molar-refractivity contribution in [3.05, 3.63) is 48.2 Å². The Labute approximate surface area is 137 Å². The Bertz CT molecular complexity index is 689. The molecule has 0 bridgehead atoms. The first-order chi connectivity index (χ1) is 11.3. The number of hydrogen-bond acceptors (Lipinski definition) is 1. The lowest BCUT2D eigenvalue weighted by Gasteiger charge is -2.34. The van der Waals surface area contributed by atoms with Crippen molar-refractivity contribution in [2.45, 2.75) is 38.0 Å². The van der Waals surface area contributed by atoms with Gasteiger partial charge in [-0.25, -0.2) is 0 Å². The van der Waals surface area contributed by atoms with E-state index >= 15 is 0 Å². The SMILES string of the molecule is O=C([C@H]1CC=CCC1)N1CCC(c2cc3ccccc3[nH]2)CC1. The third kappa shape index (κ3) is 2.92. The van der Waals surface area contributed by atoms with Crippen LogP contribution in [0.3, 0.4) is 0 Å². The molecule has 1 saturated heterocycles. The topological polar surface area (TPSA) is 36.1 Å². The highest BCUT2D eigenvalue weighted by molar-refractivity contribution is 5.81. The van der Waals surface area contributed by atoms with Crippen molar-refractivity contribution < 1.29 is 4.79 Å². The second kappa shape index (κ2) is 6.23. The number of H-pyrrole nitrogens is 1. The minimum Gasteiger partial charge on any atom is -0.358 e. The molecule has 1 aromatic carbocycles. The summed E-state index contributed by atoms with van der Waals surface area (Å²) in [4.78, 5) is 18.3. The number of hydrogen-bond donors (Lipinski definition) is 1. The standard InChI is InChI=1S/C20H24N2O/c23-20(16-6-2-1-3-7-16)22-12-10-15(11-13-22)19-14-17-8-4-5-9-18(17)21-19/h1-2,4-5,8-9,14-16,21H,3,6-7,10-13H2/t16-/m0/s1. The Morgan fingerprint density at radius 2 is 1.91 bits per heavy atom. The molecule has 23 heavy (non-hydrogen) atoms. The average molecular weight is 308 g/mol. The lowest BCUT2D eigenvalue weighted by Crippen LogP contribution is -2.41. The van der Waals surface area contributed by atoms with Crippen molar-refractivity contribution in [3.8, 4) is 0 Å². The molecular weight excluding hydrogens is 284 g/mol. The fourth-order valence-electron chi connectivity index (χ4n) is 4.00. The highest BCUT2D eigenvalue weighted by Gasteiger charge is 2.29. The largest absolute Gasteiger partial charge is 0.358 e. The van der Waals surface area contributed by atoms with Gasteiger partial charge in [-0.15, -0.1) is 0 Å². The predicted molar refractivity (Wildman–Crippen MR) is 93.3 cm³/mol. The summed E-state index contributed by atoms with van der Waals surface area (Å²) in [5.74, 6) is 1.16. The first-order valence-electron chi connectivity index (χ1n) is 8.83. The third-order valence-corrected chi connectivity index (χ3v) is 5.42. The molecule has 1 aromatic heterocycles. The average Bonchev–Trinajstić information content (AvgIpc) is 3.06. The molecule has 1 amide bonds. The van der Waals surface area contributed by atoms with Gasteiger partial charge in [-0.1, -0.05) is 30.4 Å². The Balaban J connectivity index is 1.40. The Kier molecular flexibility index (Phi) is 3.94. The molecule has 2 aliphatic rings. The van der Waals surface area contributed by atoms with Crippen LogP contribution < -0.4 is 0 Å². The van der Waals surface area contributed by atoms with Crippen LogP contribution in [0, 0.1) is 5.92 Å². The van der Waals surface area contributed by atoms with Gasteiger partial charge in [0, 0.05) is 36.1 Å². The van der Waals surface area contributed by atoms with Crippen LogP contribution in [-0.2, 0) is 4.79 Å². The molecule has 3 nitrogen and oxygen atoms in total. The molecule has 2 aromatic rings. The smallest absolute Gasteiger partial charge is 0.226 e. The summed E-state index contributed by atoms with van der Waals surface area (Å²) in [5.41, 5.74) is 2.55. The maximum atomic E-state index is 12.6. The zero-order valence-electron chi connectivity index (χ0n) is 13.5. The van der Waals surface area contributed by atoms with Gasteiger partial charge >= 0.3 is 0 Å². The van der Waals surface area contributed by atoms with Crippen molar-refractivity contribution in [2.24, 2.45) is 5.92 Å². The normalized spacial score (nSPS) is 22.6. The lowest BCUT2D eigenvalue weighted by molar-refractivity contribution is -0.136. The Morgan fingerprint density at radius 3 is 2.65 bits per heavy atom. The van der Waals surface area contributed by atoms with Crippen LogP contribution in [0.1, 0.15) is 43.7 Å². The number of carbonyl (C=O) groups is 1. The number of aromatic nitrogens is 1. The van der Waals surface area contributed by atoms with Gasteiger partial charge in [-0.05, 0) is 49.6 Å². The van der Waals surface area contributed by atoms with Crippen molar-refractivity contribution >= 4 is 16.8 Å². The summed E-state index contributed by atoms with van der Waals surface area (Å²) >= 11 is 0. The molecule has 1 aliphatic heterocycles. The summed E-state index contributed by atoms with van der Waals surface area (Å²) in [6.07, 6.45) is 9.53. The highest BCUT2D eigenvalue weighted by Crippen LogP contribution is 2.31. The quantitative estimate of drug-likeness (QED) is 0.828.